The van der Waals surface area contributed by atoms with Gasteiger partial charge in [-0.25, -0.2) is 4.98 Å². The number of methoxy groups -OCH3 is 2. The zero-order chi connectivity index (χ0) is 26.1. The molecule has 190 valence electrons. The minimum Gasteiger partial charge on any atom is -0.505 e. The van der Waals surface area contributed by atoms with Crippen LogP contribution in [0.3, 0.4) is 0 Å². The molecule has 3 aromatic rings. The number of ether oxygens (including phenoxy) is 2. The molecular weight excluding hydrogens is 460 g/mol. The van der Waals surface area contributed by atoms with Gasteiger partial charge in [-0.2, -0.15) is 0 Å². The summed E-state index contributed by atoms with van der Waals surface area (Å²) in [5.74, 6) is -0.799. The molecule has 4 rings (SSSR count). The first-order chi connectivity index (χ1) is 17.2. The van der Waals surface area contributed by atoms with Crippen LogP contribution < -0.4 is 9.47 Å². The summed E-state index contributed by atoms with van der Waals surface area (Å²) in [7, 11) is 6.94. The number of aliphatic hydroxyl groups excluding tert-OH is 1. The van der Waals surface area contributed by atoms with Crippen molar-refractivity contribution in [3.8, 4) is 11.5 Å². The van der Waals surface area contributed by atoms with Gasteiger partial charge in [0.1, 0.15) is 11.3 Å². The molecule has 9 heteroatoms. The highest BCUT2D eigenvalue weighted by Crippen LogP contribution is 2.45. The van der Waals surface area contributed by atoms with Crippen molar-refractivity contribution in [2.45, 2.75) is 26.3 Å². The Kier molecular flexibility index (Phi) is 7.03. The number of pyridine rings is 1. The van der Waals surface area contributed by atoms with Crippen molar-refractivity contribution in [1.29, 1.82) is 0 Å². The van der Waals surface area contributed by atoms with Crippen molar-refractivity contribution in [3.05, 3.63) is 64.6 Å². The minimum atomic E-state index is -0.855. The molecule has 1 amide bonds. The molecule has 2 aromatic heterocycles. The number of aliphatic hydroxyl groups is 1. The Morgan fingerprint density at radius 3 is 2.53 bits per heavy atom. The number of Topliss-reactive ketones (excluding diaryl/α,β-unsaturated/α-hetero) is 1. The lowest BCUT2D eigenvalue weighted by Gasteiger charge is -2.27. The van der Waals surface area contributed by atoms with Crippen LogP contribution in [0.1, 0.15) is 35.0 Å². The average Bonchev–Trinajstić information content (AvgIpc) is 3.32. The maximum absolute atomic E-state index is 13.5. The van der Waals surface area contributed by atoms with Gasteiger partial charge in [-0.3, -0.25) is 14.0 Å². The fourth-order valence-electron chi connectivity index (χ4n) is 4.85. The molecule has 0 saturated carbocycles. The third kappa shape index (κ3) is 4.19. The van der Waals surface area contributed by atoms with E-state index in [1.54, 1.807) is 35.7 Å². The van der Waals surface area contributed by atoms with E-state index < -0.39 is 17.7 Å². The molecule has 1 aliphatic rings. The summed E-state index contributed by atoms with van der Waals surface area (Å²) in [6.45, 7) is 4.76. The van der Waals surface area contributed by atoms with Crippen LogP contribution in [0.2, 0.25) is 0 Å². The van der Waals surface area contributed by atoms with Crippen LogP contribution in [-0.4, -0.2) is 77.4 Å². The molecule has 0 spiro atoms. The predicted molar refractivity (Wildman–Crippen MR) is 136 cm³/mol. The summed E-state index contributed by atoms with van der Waals surface area (Å²) in [6.07, 6.45) is 2.43. The van der Waals surface area contributed by atoms with Gasteiger partial charge in [0.15, 0.2) is 17.3 Å². The number of nitrogens with zero attached hydrogens (tertiary/aromatic N) is 4. The standard InChI is InChI=1S/C27H32N4O5/c1-16-10-8-14-30-21(17(2)28-26(16)30)23(32)20-22(18-11-7-12-19(35-5)25(18)36-6)31(27(34)24(20)33)15-9-13-29(3)4/h7-8,10-12,14,22,32H,9,13,15H2,1-6H3/t22-/m0/s1. The third-order valence-electron chi connectivity index (χ3n) is 6.52. The second-order valence-corrected chi connectivity index (χ2v) is 9.16. The number of benzene rings is 1. The van der Waals surface area contributed by atoms with Crippen LogP contribution in [0.15, 0.2) is 42.1 Å². The van der Waals surface area contributed by atoms with Gasteiger partial charge in [-0.05, 0) is 58.6 Å². The summed E-state index contributed by atoms with van der Waals surface area (Å²) < 4.78 is 12.9. The highest BCUT2D eigenvalue weighted by Gasteiger charge is 2.47. The average molecular weight is 493 g/mol. The lowest BCUT2D eigenvalue weighted by Crippen LogP contribution is -2.32. The van der Waals surface area contributed by atoms with Crippen molar-refractivity contribution in [2.75, 3.05) is 41.4 Å². The maximum Gasteiger partial charge on any atom is 0.295 e. The molecule has 1 N–H and O–H groups in total. The molecule has 0 bridgehead atoms. The van der Waals surface area contributed by atoms with Crippen LogP contribution in [0, 0.1) is 13.8 Å². The number of aryl methyl sites for hydroxylation is 2. The Hall–Kier alpha value is -3.85. The minimum absolute atomic E-state index is 0.00260. The fraction of sp³-hybridized carbons (Fsp3) is 0.370. The largest absolute Gasteiger partial charge is 0.505 e. The first-order valence-corrected chi connectivity index (χ1v) is 11.8. The van der Waals surface area contributed by atoms with Gasteiger partial charge in [0.25, 0.3) is 11.7 Å². The quantitative estimate of drug-likeness (QED) is 0.293. The second kappa shape index (κ2) is 10.0. The molecular formula is C27H32N4O5. The highest BCUT2D eigenvalue weighted by atomic mass is 16.5. The van der Waals surface area contributed by atoms with E-state index in [-0.39, 0.29) is 11.3 Å². The van der Waals surface area contributed by atoms with E-state index in [0.717, 1.165) is 12.1 Å². The fourth-order valence-corrected chi connectivity index (χ4v) is 4.85. The number of rotatable bonds is 8. The van der Waals surface area contributed by atoms with Gasteiger partial charge in [0.05, 0.1) is 31.5 Å². The number of carbonyl (C=O) groups excluding carboxylic acids is 2. The van der Waals surface area contributed by atoms with Crippen molar-refractivity contribution in [2.24, 2.45) is 0 Å². The number of fused-ring (bicyclic) bond motifs is 1. The number of ketones is 1. The van der Waals surface area contributed by atoms with Crippen LogP contribution in [-0.2, 0) is 9.59 Å². The Bertz CT molecular complexity index is 1360. The molecule has 1 aromatic carbocycles. The Labute approximate surface area is 210 Å². The predicted octanol–water partition coefficient (Wildman–Crippen LogP) is 3.34. The number of hydrogen-bond donors (Lipinski definition) is 1. The van der Waals surface area contributed by atoms with E-state index in [4.69, 9.17) is 9.47 Å². The first-order valence-electron chi connectivity index (χ1n) is 11.8. The summed E-state index contributed by atoms with van der Waals surface area (Å²) in [6, 6.07) is 8.23. The number of imidazole rings is 1. The van der Waals surface area contributed by atoms with E-state index in [9.17, 15) is 14.7 Å². The second-order valence-electron chi connectivity index (χ2n) is 9.16. The Balaban J connectivity index is 1.97. The van der Waals surface area contributed by atoms with Crippen molar-refractivity contribution >= 4 is 23.1 Å². The molecule has 0 unspecified atom stereocenters. The molecule has 9 nitrogen and oxygen atoms in total. The smallest absolute Gasteiger partial charge is 0.295 e. The van der Waals surface area contributed by atoms with Crippen LogP contribution in [0.4, 0.5) is 0 Å². The summed E-state index contributed by atoms with van der Waals surface area (Å²) in [4.78, 5) is 34.9. The van der Waals surface area contributed by atoms with Gasteiger partial charge in [0.2, 0.25) is 0 Å². The molecule has 3 heterocycles. The Morgan fingerprint density at radius 1 is 1.11 bits per heavy atom. The number of likely N-dealkylation sites (tertiary alicyclic amines) is 1. The van der Waals surface area contributed by atoms with Crippen molar-refractivity contribution < 1.29 is 24.2 Å². The lowest BCUT2D eigenvalue weighted by atomic mass is 9.95. The first kappa shape index (κ1) is 25.2. The SMILES string of the molecule is COc1cccc([C@H]2C(=C(O)c3c(C)nc4c(C)cccn34)C(=O)C(=O)N2CCCN(C)C)c1OC. The van der Waals surface area contributed by atoms with Crippen molar-refractivity contribution in [1.82, 2.24) is 19.2 Å². The molecule has 1 fully saturated rings. The van der Waals surface area contributed by atoms with E-state index in [0.29, 0.717) is 47.1 Å². The zero-order valence-corrected chi connectivity index (χ0v) is 21.5. The number of carbonyl (C=O) groups is 2. The number of amides is 1. The number of para-hydroxylation sites is 1. The molecule has 1 atom stereocenters. The van der Waals surface area contributed by atoms with Crippen LogP contribution >= 0.6 is 0 Å². The van der Waals surface area contributed by atoms with E-state index in [1.165, 1.54) is 19.1 Å². The van der Waals surface area contributed by atoms with Gasteiger partial charge in [0, 0.05) is 18.3 Å². The molecule has 0 aliphatic carbocycles. The molecule has 1 saturated heterocycles. The van der Waals surface area contributed by atoms with Gasteiger partial charge in [-0.1, -0.05) is 18.2 Å². The monoisotopic (exact) mass is 492 g/mol. The van der Waals surface area contributed by atoms with Crippen molar-refractivity contribution in [3.63, 3.8) is 0 Å². The zero-order valence-electron chi connectivity index (χ0n) is 21.5. The Morgan fingerprint density at radius 2 is 1.86 bits per heavy atom. The normalized spacial score (nSPS) is 17.4. The van der Waals surface area contributed by atoms with Gasteiger partial charge < -0.3 is 24.4 Å². The van der Waals surface area contributed by atoms with E-state index in [2.05, 4.69) is 4.98 Å². The molecule has 0 radical (unpaired) electrons. The van der Waals surface area contributed by atoms with Crippen LogP contribution in [0.25, 0.3) is 11.4 Å². The molecule has 36 heavy (non-hydrogen) atoms. The van der Waals surface area contributed by atoms with E-state index in [1.807, 2.05) is 38.1 Å². The van der Waals surface area contributed by atoms with Gasteiger partial charge in [-0.15, -0.1) is 0 Å². The summed E-state index contributed by atoms with van der Waals surface area (Å²) in [5.41, 5.74) is 3.10. The summed E-state index contributed by atoms with van der Waals surface area (Å²) in [5, 5.41) is 11.7. The summed E-state index contributed by atoms with van der Waals surface area (Å²) >= 11 is 0. The molecule has 1 aliphatic heterocycles. The number of hydrogen-bond acceptors (Lipinski definition) is 7. The third-order valence-corrected chi connectivity index (χ3v) is 6.52. The highest BCUT2D eigenvalue weighted by molar-refractivity contribution is 6.46. The topological polar surface area (TPSA) is 96.6 Å². The lowest BCUT2D eigenvalue weighted by molar-refractivity contribution is -0.140. The number of aromatic nitrogens is 2. The van der Waals surface area contributed by atoms with Crippen LogP contribution in [0.5, 0.6) is 11.5 Å². The van der Waals surface area contributed by atoms with E-state index >= 15 is 0 Å². The maximum atomic E-state index is 13.5. The van der Waals surface area contributed by atoms with Gasteiger partial charge >= 0.3 is 0 Å².